The van der Waals surface area contributed by atoms with Gasteiger partial charge in [-0.3, -0.25) is 14.3 Å². The lowest BCUT2D eigenvalue weighted by Crippen LogP contribution is -2.45. The van der Waals surface area contributed by atoms with Gasteiger partial charge in [0.2, 0.25) is 5.60 Å². The topological polar surface area (TPSA) is 103 Å². The van der Waals surface area contributed by atoms with E-state index in [1.54, 1.807) is 13.8 Å². The highest BCUT2D eigenvalue weighted by atomic mass is 35.5. The van der Waals surface area contributed by atoms with Gasteiger partial charge in [-0.2, -0.15) is 18.3 Å². The van der Waals surface area contributed by atoms with Crippen LogP contribution in [0.3, 0.4) is 0 Å². The molecule has 0 fully saturated rings. The molecular formula is C19H22ClF3N4O5S. The van der Waals surface area contributed by atoms with E-state index in [9.17, 15) is 26.4 Å². The van der Waals surface area contributed by atoms with Gasteiger partial charge in [-0.05, 0) is 45.9 Å². The van der Waals surface area contributed by atoms with Crippen LogP contribution in [-0.2, 0) is 21.3 Å². The number of halogens is 4. The highest BCUT2D eigenvalue weighted by molar-refractivity contribution is 7.93. The van der Waals surface area contributed by atoms with Crippen molar-refractivity contribution >= 4 is 39.1 Å². The number of fused-ring (bicyclic) bond motifs is 1. The number of hydrogen-bond donors (Lipinski definition) is 1. The van der Waals surface area contributed by atoms with E-state index in [1.807, 2.05) is 0 Å². The second-order valence-electron chi connectivity index (χ2n) is 7.81. The van der Waals surface area contributed by atoms with Crippen molar-refractivity contribution in [2.45, 2.75) is 57.0 Å². The molecule has 1 aromatic carbocycles. The summed E-state index contributed by atoms with van der Waals surface area (Å²) < 4.78 is 78.4. The summed E-state index contributed by atoms with van der Waals surface area (Å²) >= 11 is 6.07. The molecule has 0 saturated carbocycles. The molecular weight excluding hydrogens is 489 g/mol. The number of benzene rings is 1. The Morgan fingerprint density at radius 2 is 2.03 bits per heavy atom. The van der Waals surface area contributed by atoms with E-state index in [-0.39, 0.29) is 33.8 Å². The molecule has 1 unspecified atom stereocenters. The molecule has 2 aromatic rings. The molecule has 1 atom stereocenters. The normalized spacial score (nSPS) is 16.7. The summed E-state index contributed by atoms with van der Waals surface area (Å²) in [6, 6.07) is 3.35. The van der Waals surface area contributed by atoms with Gasteiger partial charge in [0.15, 0.2) is 5.15 Å². The summed E-state index contributed by atoms with van der Waals surface area (Å²) in [5.74, 6) is 0.199. The zero-order chi connectivity index (χ0) is 24.8. The van der Waals surface area contributed by atoms with Crippen molar-refractivity contribution in [2.24, 2.45) is 0 Å². The van der Waals surface area contributed by atoms with Gasteiger partial charge in [0.1, 0.15) is 17.3 Å². The molecule has 2 heterocycles. The number of alkyl halides is 3. The van der Waals surface area contributed by atoms with Crippen LogP contribution in [0.1, 0.15) is 27.7 Å². The second-order valence-corrected chi connectivity index (χ2v) is 9.95. The summed E-state index contributed by atoms with van der Waals surface area (Å²) in [5.41, 5.74) is -2.65. The molecule has 0 radical (unpaired) electrons. The zero-order valence-electron chi connectivity index (χ0n) is 18.1. The van der Waals surface area contributed by atoms with Crippen LogP contribution in [-0.4, -0.2) is 48.7 Å². The first-order valence-electron chi connectivity index (χ1n) is 9.78. The van der Waals surface area contributed by atoms with Crippen molar-refractivity contribution in [3.8, 4) is 5.75 Å². The Bertz CT molecular complexity index is 1170. The Morgan fingerprint density at radius 3 is 2.61 bits per heavy atom. The molecule has 14 heteroatoms. The Kier molecular flexibility index (Phi) is 6.50. The van der Waals surface area contributed by atoms with Gasteiger partial charge in [-0.15, -0.1) is 0 Å². The number of nitrogens with zero attached hydrogens (tertiary/aromatic N) is 3. The lowest BCUT2D eigenvalue weighted by Gasteiger charge is -2.35. The monoisotopic (exact) mass is 510 g/mol. The molecule has 1 N–H and O–H groups in total. The lowest BCUT2D eigenvalue weighted by molar-refractivity contribution is -0.242. The highest BCUT2D eigenvalue weighted by Gasteiger charge is 2.51. The molecule has 0 aliphatic carbocycles. The number of carbonyl (C=O) groups excluding carboxylic acids is 1. The number of aromatic nitrogens is 2. The fourth-order valence-corrected chi connectivity index (χ4v) is 5.12. The van der Waals surface area contributed by atoms with E-state index in [4.69, 9.17) is 16.3 Å². The number of hydrogen-bond acceptors (Lipinski definition) is 6. The minimum absolute atomic E-state index is 0.00461. The van der Waals surface area contributed by atoms with Crippen molar-refractivity contribution in [1.82, 2.24) is 9.78 Å². The number of rotatable bonds is 5. The summed E-state index contributed by atoms with van der Waals surface area (Å²) in [6.07, 6.45) is -4.84. The van der Waals surface area contributed by atoms with E-state index < -0.39 is 33.9 Å². The van der Waals surface area contributed by atoms with Crippen LogP contribution >= 0.6 is 11.6 Å². The Labute approximate surface area is 193 Å². The van der Waals surface area contributed by atoms with Crippen LogP contribution in [0.2, 0.25) is 5.15 Å². The number of ether oxygens (including phenoxy) is 2. The van der Waals surface area contributed by atoms with Gasteiger partial charge in [-0.25, -0.2) is 13.2 Å². The van der Waals surface area contributed by atoms with Crippen molar-refractivity contribution in [1.29, 1.82) is 0 Å². The van der Waals surface area contributed by atoms with Crippen molar-refractivity contribution < 1.29 is 35.9 Å². The first kappa shape index (κ1) is 25.0. The molecule has 1 amide bonds. The molecule has 33 heavy (non-hydrogen) atoms. The number of anilines is 2. The molecule has 9 nitrogen and oxygen atoms in total. The van der Waals surface area contributed by atoms with Gasteiger partial charge < -0.3 is 9.47 Å². The minimum atomic E-state index is -4.78. The van der Waals surface area contributed by atoms with Gasteiger partial charge >= 0.3 is 12.3 Å². The van der Waals surface area contributed by atoms with Gasteiger partial charge in [0, 0.05) is 18.4 Å². The third kappa shape index (κ3) is 4.83. The maximum absolute atomic E-state index is 13.4. The third-order valence-electron chi connectivity index (χ3n) is 4.90. The molecule has 0 bridgehead atoms. The number of sulfonamides is 1. The maximum Gasteiger partial charge on any atom is 0.427 e. The summed E-state index contributed by atoms with van der Waals surface area (Å²) in [7, 11) is -4.19. The molecule has 182 valence electrons. The van der Waals surface area contributed by atoms with Crippen LogP contribution in [0.5, 0.6) is 5.75 Å². The minimum Gasteiger partial charge on any atom is -0.489 e. The number of carbonyl (C=O) groups is 1. The predicted octanol–water partition coefficient (Wildman–Crippen LogP) is 4.42. The maximum atomic E-state index is 13.4. The fraction of sp³-hybridized carbons (Fsp3) is 0.474. The predicted molar refractivity (Wildman–Crippen MR) is 114 cm³/mol. The van der Waals surface area contributed by atoms with Crippen LogP contribution in [0.15, 0.2) is 29.3 Å². The Balaban J connectivity index is 1.95. The first-order valence-corrected chi connectivity index (χ1v) is 11.6. The molecule has 3 rings (SSSR count). The van der Waals surface area contributed by atoms with Gasteiger partial charge in [-0.1, -0.05) is 11.6 Å². The van der Waals surface area contributed by atoms with E-state index in [0.29, 0.717) is 20.4 Å². The standard InChI is InChI=1S/C19H22ClF3N4O5S/c1-5-26-9-15(16(20)25-26)33(29,30)27-11(2)10-31-14-7-6-12(8-13(14)27)24-17(28)32-18(3,4)19(21,22)23/h6-9,11H,5,10H2,1-4H3,(H,24,28). The van der Waals surface area contributed by atoms with E-state index >= 15 is 0 Å². The Morgan fingerprint density at radius 1 is 1.36 bits per heavy atom. The average molecular weight is 511 g/mol. The van der Waals surface area contributed by atoms with Crippen molar-refractivity contribution in [3.63, 3.8) is 0 Å². The van der Waals surface area contributed by atoms with Crippen molar-refractivity contribution in [3.05, 3.63) is 29.5 Å². The smallest absolute Gasteiger partial charge is 0.427 e. The molecule has 1 aliphatic heterocycles. The lowest BCUT2D eigenvalue weighted by atomic mass is 10.1. The summed E-state index contributed by atoms with van der Waals surface area (Å²) in [4.78, 5) is 11.9. The van der Waals surface area contributed by atoms with Gasteiger partial charge in [0.05, 0.1) is 11.7 Å². The average Bonchev–Trinajstić information content (AvgIpc) is 3.08. The Hall–Kier alpha value is -2.67. The summed E-state index contributed by atoms with van der Waals surface area (Å²) in [6.45, 7) is 5.24. The second kappa shape index (κ2) is 8.60. The van der Waals surface area contributed by atoms with Crippen LogP contribution in [0, 0.1) is 0 Å². The number of amides is 1. The molecule has 0 spiro atoms. The third-order valence-corrected chi connectivity index (χ3v) is 7.22. The molecule has 0 saturated heterocycles. The van der Waals surface area contributed by atoms with Crippen LogP contribution in [0.25, 0.3) is 0 Å². The van der Waals surface area contributed by atoms with Crippen molar-refractivity contribution in [2.75, 3.05) is 16.2 Å². The molecule has 1 aliphatic rings. The quantitative estimate of drug-likeness (QED) is 0.638. The zero-order valence-corrected chi connectivity index (χ0v) is 19.7. The van der Waals surface area contributed by atoms with Crippen LogP contribution < -0.4 is 14.4 Å². The largest absolute Gasteiger partial charge is 0.489 e. The number of aryl methyl sites for hydroxylation is 1. The molecule has 1 aromatic heterocycles. The van der Waals surface area contributed by atoms with E-state index in [1.165, 1.54) is 29.1 Å². The van der Waals surface area contributed by atoms with Gasteiger partial charge in [0.25, 0.3) is 10.0 Å². The first-order chi connectivity index (χ1) is 15.2. The van der Waals surface area contributed by atoms with E-state index in [2.05, 4.69) is 15.2 Å². The highest BCUT2D eigenvalue weighted by Crippen LogP contribution is 2.41. The van der Waals surface area contributed by atoms with Crippen LogP contribution in [0.4, 0.5) is 29.3 Å². The number of nitrogens with one attached hydrogen (secondary N) is 1. The SMILES string of the molecule is CCn1cc(S(=O)(=O)N2c3cc(NC(=O)OC(C)(C)C(F)(F)F)ccc3OCC2C)c(Cl)n1. The van der Waals surface area contributed by atoms with E-state index in [0.717, 1.165) is 4.31 Å². The fourth-order valence-electron chi connectivity index (χ4n) is 3.02. The summed E-state index contributed by atoms with van der Waals surface area (Å²) in [5, 5.41) is 5.95.